The summed E-state index contributed by atoms with van der Waals surface area (Å²) in [6.45, 7) is 1.82. The van der Waals surface area contributed by atoms with Gasteiger partial charge in [0, 0.05) is 6.20 Å². The Morgan fingerprint density at radius 2 is 2.40 bits per heavy atom. The number of hydrogen-bond acceptors (Lipinski definition) is 2. The van der Waals surface area contributed by atoms with Crippen LogP contribution in [0.2, 0.25) is 0 Å². The maximum atomic E-state index is 4.83. The monoisotopic (exact) mass is 152 g/mol. The molecule has 1 aromatic heterocycles. The van der Waals surface area contributed by atoms with Crippen molar-refractivity contribution in [1.29, 1.82) is 0 Å². The van der Waals surface area contributed by atoms with Gasteiger partial charge in [-0.1, -0.05) is 18.3 Å². The van der Waals surface area contributed by atoms with Crippen LogP contribution in [0.5, 0.6) is 0 Å². The molecule has 0 aromatic carbocycles. The van der Waals surface area contributed by atoms with E-state index in [9.17, 15) is 0 Å². The van der Waals surface area contributed by atoms with E-state index in [1.54, 1.807) is 6.20 Å². The summed E-state index contributed by atoms with van der Waals surface area (Å²) in [5.41, 5.74) is 0. The molecule has 1 heterocycles. The average molecular weight is 152 g/mol. The first-order valence-corrected chi connectivity index (χ1v) is 3.38. The van der Waals surface area contributed by atoms with Crippen LogP contribution in [-0.4, -0.2) is 9.97 Å². The molecule has 1 rings (SSSR count). The molecule has 52 valence electrons. The minimum atomic E-state index is 0.735. The second-order valence-electron chi connectivity index (χ2n) is 1.90. The van der Waals surface area contributed by atoms with Gasteiger partial charge in [0.1, 0.15) is 5.82 Å². The van der Waals surface area contributed by atoms with Crippen LogP contribution in [0.25, 0.3) is 0 Å². The zero-order chi connectivity index (χ0) is 7.40. The fourth-order valence-electron chi connectivity index (χ4n) is 0.617. The van der Waals surface area contributed by atoms with E-state index in [1.807, 2.05) is 25.1 Å². The summed E-state index contributed by atoms with van der Waals surface area (Å²) in [7, 11) is 0. The molecule has 0 radical (unpaired) electrons. The Kier molecular flexibility index (Phi) is 2.34. The first kappa shape index (κ1) is 7.15. The van der Waals surface area contributed by atoms with E-state index in [4.69, 9.17) is 12.2 Å². The lowest BCUT2D eigenvalue weighted by Gasteiger charge is -1.99. The highest BCUT2D eigenvalue weighted by Gasteiger charge is 1.88. The minimum absolute atomic E-state index is 0.735. The number of aromatic nitrogens is 1. The van der Waals surface area contributed by atoms with E-state index < -0.39 is 0 Å². The molecular weight excluding hydrogens is 144 g/mol. The summed E-state index contributed by atoms with van der Waals surface area (Å²) in [6.07, 6.45) is 1.72. The van der Waals surface area contributed by atoms with Crippen LogP contribution in [-0.2, 0) is 0 Å². The Morgan fingerprint density at radius 3 is 2.90 bits per heavy atom. The van der Waals surface area contributed by atoms with Crippen LogP contribution in [0.15, 0.2) is 24.4 Å². The molecule has 10 heavy (non-hydrogen) atoms. The molecule has 0 bridgehead atoms. The molecule has 0 unspecified atom stereocenters. The fourth-order valence-corrected chi connectivity index (χ4v) is 0.722. The number of anilines is 1. The van der Waals surface area contributed by atoms with Gasteiger partial charge in [0.05, 0.1) is 4.99 Å². The van der Waals surface area contributed by atoms with Gasteiger partial charge in [-0.2, -0.15) is 0 Å². The van der Waals surface area contributed by atoms with Gasteiger partial charge in [-0.15, -0.1) is 0 Å². The second kappa shape index (κ2) is 3.27. The maximum Gasteiger partial charge on any atom is 0.130 e. The van der Waals surface area contributed by atoms with Crippen molar-refractivity contribution in [2.24, 2.45) is 0 Å². The number of thiocarbonyl (C=S) groups is 1. The fraction of sp³-hybridized carbons (Fsp3) is 0.143. The van der Waals surface area contributed by atoms with Crippen molar-refractivity contribution in [3.05, 3.63) is 24.4 Å². The molecule has 0 saturated carbocycles. The predicted octanol–water partition coefficient (Wildman–Crippen LogP) is 1.84. The molecule has 1 N–H and O–H groups in total. The lowest BCUT2D eigenvalue weighted by atomic mass is 10.4. The number of hydrogen-bond donors (Lipinski definition) is 1. The molecule has 0 spiro atoms. The second-order valence-corrected chi connectivity index (χ2v) is 2.51. The normalized spacial score (nSPS) is 8.90. The lowest BCUT2D eigenvalue weighted by Crippen LogP contribution is -2.04. The van der Waals surface area contributed by atoms with E-state index in [1.165, 1.54) is 0 Å². The first-order chi connectivity index (χ1) is 4.79. The Hall–Kier alpha value is -0.960. The average Bonchev–Trinajstić information content (AvgIpc) is 1.88. The largest absolute Gasteiger partial charge is 0.335 e. The van der Waals surface area contributed by atoms with Gasteiger partial charge in [-0.3, -0.25) is 0 Å². The SMILES string of the molecule is CC(=S)Nc1ccccn1. The van der Waals surface area contributed by atoms with Gasteiger partial charge in [-0.05, 0) is 19.1 Å². The quantitative estimate of drug-likeness (QED) is 0.621. The highest BCUT2D eigenvalue weighted by atomic mass is 32.1. The number of nitrogens with zero attached hydrogens (tertiary/aromatic N) is 1. The van der Waals surface area contributed by atoms with Crippen LogP contribution < -0.4 is 5.32 Å². The van der Waals surface area contributed by atoms with Crippen LogP contribution >= 0.6 is 12.2 Å². The van der Waals surface area contributed by atoms with Crippen LogP contribution in [0, 0.1) is 0 Å². The number of pyridine rings is 1. The maximum absolute atomic E-state index is 4.83. The zero-order valence-electron chi connectivity index (χ0n) is 5.66. The summed E-state index contributed by atoms with van der Waals surface area (Å²) in [6, 6.07) is 5.65. The first-order valence-electron chi connectivity index (χ1n) is 2.97. The highest BCUT2D eigenvalue weighted by molar-refractivity contribution is 7.80. The van der Waals surface area contributed by atoms with E-state index in [2.05, 4.69) is 10.3 Å². The molecule has 0 aliphatic carbocycles. The molecule has 2 nitrogen and oxygen atoms in total. The summed E-state index contributed by atoms with van der Waals surface area (Å²) >= 11 is 4.83. The molecule has 0 atom stereocenters. The standard InChI is InChI=1S/C7H8N2S/c1-6(10)9-7-4-2-3-5-8-7/h2-5H,1H3,(H,8,9,10). The Bertz CT molecular complexity index is 220. The van der Waals surface area contributed by atoms with Crippen molar-refractivity contribution >= 4 is 23.0 Å². The van der Waals surface area contributed by atoms with Gasteiger partial charge in [0.25, 0.3) is 0 Å². The van der Waals surface area contributed by atoms with E-state index in [-0.39, 0.29) is 0 Å². The molecule has 0 saturated heterocycles. The molecular formula is C7H8N2S. The molecule has 0 fully saturated rings. The Labute approximate surface area is 65.3 Å². The Balaban J connectivity index is 2.67. The van der Waals surface area contributed by atoms with Gasteiger partial charge in [0.2, 0.25) is 0 Å². The number of nitrogens with one attached hydrogen (secondary N) is 1. The van der Waals surface area contributed by atoms with Crippen molar-refractivity contribution in [1.82, 2.24) is 4.98 Å². The summed E-state index contributed by atoms with van der Waals surface area (Å²) < 4.78 is 0. The van der Waals surface area contributed by atoms with Gasteiger partial charge >= 0.3 is 0 Å². The predicted molar refractivity (Wildman–Crippen MR) is 46.1 cm³/mol. The highest BCUT2D eigenvalue weighted by Crippen LogP contribution is 1.98. The van der Waals surface area contributed by atoms with Gasteiger partial charge < -0.3 is 5.32 Å². The smallest absolute Gasteiger partial charge is 0.130 e. The summed E-state index contributed by atoms with van der Waals surface area (Å²) in [5.74, 6) is 0.801. The number of rotatable bonds is 1. The van der Waals surface area contributed by atoms with Crippen LogP contribution in [0.1, 0.15) is 6.92 Å². The van der Waals surface area contributed by atoms with Crippen molar-refractivity contribution in [3.8, 4) is 0 Å². The van der Waals surface area contributed by atoms with Gasteiger partial charge in [0.15, 0.2) is 0 Å². The molecule has 1 aromatic rings. The van der Waals surface area contributed by atoms with Crippen molar-refractivity contribution in [2.45, 2.75) is 6.92 Å². The minimum Gasteiger partial charge on any atom is -0.335 e. The zero-order valence-corrected chi connectivity index (χ0v) is 6.48. The van der Waals surface area contributed by atoms with Crippen LogP contribution in [0.4, 0.5) is 5.82 Å². The lowest BCUT2D eigenvalue weighted by molar-refractivity contribution is 1.32. The molecule has 3 heteroatoms. The summed E-state index contributed by atoms with van der Waals surface area (Å²) in [5, 5.41) is 2.93. The van der Waals surface area contributed by atoms with Crippen LogP contribution in [0.3, 0.4) is 0 Å². The molecule has 0 amide bonds. The van der Waals surface area contributed by atoms with Crippen molar-refractivity contribution in [2.75, 3.05) is 5.32 Å². The third-order valence-corrected chi connectivity index (χ3v) is 1.07. The van der Waals surface area contributed by atoms with Gasteiger partial charge in [-0.25, -0.2) is 4.98 Å². The molecule has 0 aliphatic rings. The van der Waals surface area contributed by atoms with E-state index in [0.29, 0.717) is 0 Å². The topological polar surface area (TPSA) is 24.9 Å². The third kappa shape index (κ3) is 2.11. The Morgan fingerprint density at radius 1 is 1.60 bits per heavy atom. The van der Waals surface area contributed by atoms with E-state index in [0.717, 1.165) is 10.8 Å². The third-order valence-electron chi connectivity index (χ3n) is 0.969. The van der Waals surface area contributed by atoms with Crippen molar-refractivity contribution < 1.29 is 0 Å². The summed E-state index contributed by atoms with van der Waals surface area (Å²) in [4.78, 5) is 4.76. The molecule has 0 aliphatic heterocycles. The van der Waals surface area contributed by atoms with Crippen molar-refractivity contribution in [3.63, 3.8) is 0 Å². The van der Waals surface area contributed by atoms with E-state index >= 15 is 0 Å².